The van der Waals surface area contributed by atoms with Crippen LogP contribution in [0, 0.1) is 0 Å². The second-order valence-electron chi connectivity index (χ2n) is 16.3. The average Bonchev–Trinajstić information content (AvgIpc) is 3.82. The fourth-order valence-electron chi connectivity index (χ4n) is 10.6. The molecule has 10 aromatic carbocycles. The average molecular weight is 792 g/mol. The minimum atomic E-state index is -0.470. The van der Waals surface area contributed by atoms with E-state index in [1.165, 1.54) is 55.3 Å². The smallest absolute Gasteiger partial charge is 0.178 e. The molecule has 3 heteroatoms. The van der Waals surface area contributed by atoms with E-state index in [-0.39, 0.29) is 0 Å². The molecule has 0 N–H and O–H groups in total. The van der Waals surface area contributed by atoms with Gasteiger partial charge in [-0.1, -0.05) is 188 Å². The number of rotatable bonds is 5. The molecule has 2 aliphatic carbocycles. The first-order valence-corrected chi connectivity index (χ1v) is 21.3. The van der Waals surface area contributed by atoms with Crippen LogP contribution in [-0.4, -0.2) is 0 Å². The molecular formula is C59H37NO2. The lowest BCUT2D eigenvalue weighted by molar-refractivity contribution is 0.361. The molecule has 0 atom stereocenters. The van der Waals surface area contributed by atoms with Gasteiger partial charge in [-0.3, -0.25) is 0 Å². The zero-order chi connectivity index (χ0) is 40.8. The van der Waals surface area contributed by atoms with E-state index in [4.69, 9.17) is 9.47 Å². The van der Waals surface area contributed by atoms with Crippen molar-refractivity contribution < 1.29 is 9.47 Å². The van der Waals surface area contributed by atoms with Crippen molar-refractivity contribution >= 4 is 27.8 Å². The van der Waals surface area contributed by atoms with Gasteiger partial charge < -0.3 is 14.4 Å². The van der Waals surface area contributed by atoms with Gasteiger partial charge in [-0.25, -0.2) is 0 Å². The predicted octanol–water partition coefficient (Wildman–Crippen LogP) is 15.9. The van der Waals surface area contributed by atoms with E-state index in [9.17, 15) is 0 Å². The van der Waals surface area contributed by atoms with Crippen LogP contribution in [0.1, 0.15) is 22.3 Å². The number of benzene rings is 10. The Kier molecular flexibility index (Phi) is 7.52. The van der Waals surface area contributed by atoms with Crippen LogP contribution in [-0.2, 0) is 5.41 Å². The molecule has 0 fully saturated rings. The molecule has 0 saturated heterocycles. The van der Waals surface area contributed by atoms with Crippen molar-refractivity contribution in [1.29, 1.82) is 0 Å². The summed E-state index contributed by atoms with van der Waals surface area (Å²) in [5.74, 6) is 2.89. The molecule has 0 aromatic heterocycles. The monoisotopic (exact) mass is 791 g/mol. The van der Waals surface area contributed by atoms with E-state index in [2.05, 4.69) is 223 Å². The minimum Gasteiger partial charge on any atom is -0.449 e. The van der Waals surface area contributed by atoms with Crippen LogP contribution in [0.15, 0.2) is 224 Å². The molecule has 62 heavy (non-hydrogen) atoms. The largest absolute Gasteiger partial charge is 0.449 e. The Morgan fingerprint density at radius 3 is 1.65 bits per heavy atom. The third-order valence-corrected chi connectivity index (χ3v) is 13.2. The molecule has 0 radical (unpaired) electrons. The highest BCUT2D eigenvalue weighted by Gasteiger charge is 2.53. The van der Waals surface area contributed by atoms with Gasteiger partial charge in [0.05, 0.1) is 16.8 Å². The summed E-state index contributed by atoms with van der Waals surface area (Å²) in [6.45, 7) is 0. The molecular weight excluding hydrogens is 755 g/mol. The van der Waals surface area contributed by atoms with Crippen LogP contribution in [0.25, 0.3) is 55.3 Å². The Morgan fingerprint density at radius 2 is 0.871 bits per heavy atom. The molecule has 0 saturated carbocycles. The topological polar surface area (TPSA) is 21.7 Å². The van der Waals surface area contributed by atoms with Crippen LogP contribution in [0.5, 0.6) is 23.0 Å². The number of para-hydroxylation sites is 2. The van der Waals surface area contributed by atoms with Gasteiger partial charge >= 0.3 is 0 Å². The fourth-order valence-corrected chi connectivity index (χ4v) is 10.6. The van der Waals surface area contributed by atoms with Crippen molar-refractivity contribution in [1.82, 2.24) is 0 Å². The summed E-state index contributed by atoms with van der Waals surface area (Å²) in [4.78, 5) is 2.39. The summed E-state index contributed by atoms with van der Waals surface area (Å²) in [5, 5.41) is 2.38. The quantitative estimate of drug-likeness (QED) is 0.173. The van der Waals surface area contributed by atoms with E-state index >= 15 is 0 Å². The molecule has 3 nitrogen and oxygen atoms in total. The molecule has 0 bridgehead atoms. The maximum atomic E-state index is 7.24. The standard InChI is InChI=1S/C59H37NO2/c1-2-16-38(17-3-1)42-21-9-13-29-52(42)60(53-30-14-19-39-18-4-5-20-43(39)53)41-34-32-40(33-35-41)44-25-15-31-54-57(44)62-58-55(61-54)37-36-51-56(58)47-24-8-12-28-50(47)59(51)48-26-10-6-22-45(48)46-23-7-11-27-49(46)59/h1-37H. The van der Waals surface area contributed by atoms with E-state index in [1.807, 2.05) is 6.07 Å². The van der Waals surface area contributed by atoms with Gasteiger partial charge in [0.15, 0.2) is 23.0 Å². The summed E-state index contributed by atoms with van der Waals surface area (Å²) < 4.78 is 14.0. The van der Waals surface area contributed by atoms with Crippen molar-refractivity contribution in [3.8, 4) is 67.5 Å². The second kappa shape index (κ2) is 13.4. The van der Waals surface area contributed by atoms with E-state index in [0.717, 1.165) is 50.8 Å². The molecule has 13 rings (SSSR count). The van der Waals surface area contributed by atoms with Crippen molar-refractivity contribution in [3.05, 3.63) is 247 Å². The zero-order valence-electron chi connectivity index (χ0n) is 33.6. The van der Waals surface area contributed by atoms with E-state index in [0.29, 0.717) is 11.5 Å². The number of hydrogen-bond donors (Lipinski definition) is 0. The van der Waals surface area contributed by atoms with Gasteiger partial charge in [0, 0.05) is 27.8 Å². The first-order chi connectivity index (χ1) is 30.8. The highest BCUT2D eigenvalue weighted by Crippen LogP contribution is 2.66. The lowest BCUT2D eigenvalue weighted by Crippen LogP contribution is -2.25. The molecule has 0 unspecified atom stereocenters. The maximum Gasteiger partial charge on any atom is 0.178 e. The third-order valence-electron chi connectivity index (χ3n) is 13.2. The molecule has 3 aliphatic rings. The van der Waals surface area contributed by atoms with Crippen LogP contribution in [0.4, 0.5) is 17.1 Å². The lowest BCUT2D eigenvalue weighted by Gasteiger charge is -2.31. The van der Waals surface area contributed by atoms with Crippen LogP contribution in [0.2, 0.25) is 0 Å². The Balaban J connectivity index is 0.946. The number of ether oxygens (including phenoxy) is 2. The number of fused-ring (bicyclic) bond motifs is 14. The minimum absolute atomic E-state index is 0.470. The first-order valence-electron chi connectivity index (χ1n) is 21.3. The second-order valence-corrected chi connectivity index (χ2v) is 16.3. The van der Waals surface area contributed by atoms with Crippen molar-refractivity contribution in [2.75, 3.05) is 4.90 Å². The van der Waals surface area contributed by atoms with Gasteiger partial charge in [-0.2, -0.15) is 0 Å². The summed E-state index contributed by atoms with van der Waals surface area (Å²) >= 11 is 0. The Hall–Kier alpha value is -8.14. The Bertz CT molecular complexity index is 3370. The van der Waals surface area contributed by atoms with Gasteiger partial charge in [-0.05, 0) is 91.9 Å². The van der Waals surface area contributed by atoms with Crippen LogP contribution < -0.4 is 14.4 Å². The van der Waals surface area contributed by atoms with Crippen molar-refractivity contribution in [3.63, 3.8) is 0 Å². The van der Waals surface area contributed by atoms with Crippen molar-refractivity contribution in [2.24, 2.45) is 0 Å². The molecule has 0 amide bonds. The highest BCUT2D eigenvalue weighted by molar-refractivity contribution is 6.02. The molecule has 1 spiro atoms. The van der Waals surface area contributed by atoms with Gasteiger partial charge in [0.1, 0.15) is 0 Å². The van der Waals surface area contributed by atoms with Crippen LogP contribution in [0.3, 0.4) is 0 Å². The maximum absolute atomic E-state index is 7.24. The number of hydrogen-bond acceptors (Lipinski definition) is 3. The summed E-state index contributed by atoms with van der Waals surface area (Å²) in [6.07, 6.45) is 0. The van der Waals surface area contributed by atoms with Gasteiger partial charge in [0.2, 0.25) is 0 Å². The van der Waals surface area contributed by atoms with Gasteiger partial charge in [0.25, 0.3) is 0 Å². The lowest BCUT2D eigenvalue weighted by atomic mass is 9.70. The van der Waals surface area contributed by atoms with Gasteiger partial charge in [-0.15, -0.1) is 0 Å². The molecule has 1 heterocycles. The van der Waals surface area contributed by atoms with Crippen LogP contribution >= 0.6 is 0 Å². The molecule has 1 aliphatic heterocycles. The predicted molar refractivity (Wildman–Crippen MR) is 252 cm³/mol. The number of nitrogens with zero attached hydrogens (tertiary/aromatic N) is 1. The Labute approximate surface area is 360 Å². The number of anilines is 3. The molecule has 290 valence electrons. The summed E-state index contributed by atoms with van der Waals surface area (Å²) in [6, 6.07) is 80.5. The Morgan fingerprint density at radius 1 is 0.323 bits per heavy atom. The highest BCUT2D eigenvalue weighted by atomic mass is 16.6. The fraction of sp³-hybridized carbons (Fsp3) is 0.0169. The SMILES string of the molecule is c1ccc(-c2ccccc2N(c2ccc(-c3cccc4c3Oc3c(ccc5c3-c3ccccc3C53c5ccccc5-c5ccccc53)O4)cc2)c2cccc3ccccc23)cc1. The van der Waals surface area contributed by atoms with E-state index < -0.39 is 5.41 Å². The normalized spacial score (nSPS) is 13.2. The van der Waals surface area contributed by atoms with E-state index in [1.54, 1.807) is 0 Å². The summed E-state index contributed by atoms with van der Waals surface area (Å²) in [7, 11) is 0. The summed E-state index contributed by atoms with van der Waals surface area (Å²) in [5.41, 5.74) is 17.0. The van der Waals surface area contributed by atoms with Crippen molar-refractivity contribution in [2.45, 2.75) is 5.41 Å². The zero-order valence-corrected chi connectivity index (χ0v) is 33.6. The molecule has 10 aromatic rings. The first kappa shape index (κ1) is 34.7. The third kappa shape index (κ3) is 4.88.